The molecular weight excluding hydrogens is 456 g/mol. The highest BCUT2D eigenvalue weighted by atomic mass is 32.1. The van der Waals surface area contributed by atoms with Crippen molar-refractivity contribution in [1.82, 2.24) is 0 Å². The number of nitrogens with zero attached hydrogens (tertiary/aromatic N) is 1. The van der Waals surface area contributed by atoms with Gasteiger partial charge in [0.1, 0.15) is 16.3 Å². The predicted octanol–water partition coefficient (Wildman–Crippen LogP) is 5.95. The molecule has 2 aromatic carbocycles. The van der Waals surface area contributed by atoms with E-state index < -0.39 is 16.8 Å². The maximum atomic E-state index is 12.7. The maximum Gasteiger partial charge on any atom is 0.341 e. The first-order valence-corrected chi connectivity index (χ1v) is 11.7. The van der Waals surface area contributed by atoms with Gasteiger partial charge in [0.25, 0.3) is 11.6 Å². The summed E-state index contributed by atoms with van der Waals surface area (Å²) >= 11 is 1.14. The van der Waals surface area contributed by atoms with E-state index in [4.69, 9.17) is 9.47 Å². The second-order valence-electron chi connectivity index (χ2n) is 7.89. The van der Waals surface area contributed by atoms with Crippen LogP contribution in [-0.2, 0) is 9.53 Å². The Bertz CT molecular complexity index is 1220. The van der Waals surface area contributed by atoms with E-state index in [1.54, 1.807) is 24.4 Å². The van der Waals surface area contributed by atoms with Crippen molar-refractivity contribution in [2.45, 2.75) is 33.6 Å². The van der Waals surface area contributed by atoms with E-state index in [1.165, 1.54) is 17.7 Å². The summed E-state index contributed by atoms with van der Waals surface area (Å²) in [7, 11) is 0. The van der Waals surface area contributed by atoms with Crippen LogP contribution in [0.3, 0.4) is 0 Å². The molecule has 0 saturated carbocycles. The fourth-order valence-electron chi connectivity index (χ4n) is 3.55. The van der Waals surface area contributed by atoms with Gasteiger partial charge in [-0.25, -0.2) is 4.79 Å². The lowest BCUT2D eigenvalue weighted by atomic mass is 9.98. The zero-order chi connectivity index (χ0) is 24.8. The molecule has 8 nitrogen and oxygen atoms in total. The number of carbonyl (C=O) groups excluding carboxylic acids is 2. The molecule has 0 aliphatic heterocycles. The number of nitro benzene ring substituents is 1. The number of thiophene rings is 1. The molecule has 0 aliphatic rings. The molecule has 34 heavy (non-hydrogen) atoms. The van der Waals surface area contributed by atoms with E-state index in [9.17, 15) is 19.7 Å². The van der Waals surface area contributed by atoms with Crippen LogP contribution < -0.4 is 10.1 Å². The summed E-state index contributed by atoms with van der Waals surface area (Å²) < 4.78 is 10.8. The van der Waals surface area contributed by atoms with Crippen molar-refractivity contribution in [1.29, 1.82) is 0 Å². The molecule has 0 bridgehead atoms. The molecule has 3 aromatic rings. The summed E-state index contributed by atoms with van der Waals surface area (Å²) in [6, 6.07) is 11.6. The van der Waals surface area contributed by atoms with E-state index in [-0.39, 0.29) is 24.5 Å². The quantitative estimate of drug-likeness (QED) is 0.229. The number of benzene rings is 2. The second-order valence-corrected chi connectivity index (χ2v) is 8.77. The summed E-state index contributed by atoms with van der Waals surface area (Å²) in [5, 5.41) is 15.8. The number of nitro groups is 1. The van der Waals surface area contributed by atoms with Gasteiger partial charge in [0.05, 0.1) is 11.5 Å². The molecule has 1 amide bonds. The third kappa shape index (κ3) is 5.79. The van der Waals surface area contributed by atoms with E-state index >= 15 is 0 Å². The van der Waals surface area contributed by atoms with Crippen molar-refractivity contribution in [3.8, 4) is 16.9 Å². The average molecular weight is 483 g/mol. The van der Waals surface area contributed by atoms with Gasteiger partial charge in [0, 0.05) is 23.1 Å². The van der Waals surface area contributed by atoms with Crippen molar-refractivity contribution >= 4 is 33.9 Å². The van der Waals surface area contributed by atoms with Gasteiger partial charge < -0.3 is 14.8 Å². The minimum Gasteiger partial charge on any atom is -0.484 e. The average Bonchev–Trinajstić information content (AvgIpc) is 3.21. The number of carbonyl (C=O) groups is 2. The fourth-order valence-corrected chi connectivity index (χ4v) is 4.53. The fraction of sp³-hybridized carbons (Fsp3) is 0.280. The van der Waals surface area contributed by atoms with Crippen LogP contribution in [0.4, 0.5) is 10.7 Å². The number of nitrogens with one attached hydrogen (secondary N) is 1. The van der Waals surface area contributed by atoms with E-state index in [2.05, 4.69) is 19.2 Å². The second kappa shape index (κ2) is 10.9. The Labute approximate surface area is 201 Å². The molecule has 1 N–H and O–H groups in total. The van der Waals surface area contributed by atoms with E-state index in [0.29, 0.717) is 27.8 Å². The smallest absolute Gasteiger partial charge is 0.341 e. The van der Waals surface area contributed by atoms with Crippen LogP contribution in [-0.4, -0.2) is 30.0 Å². The highest BCUT2D eigenvalue weighted by Crippen LogP contribution is 2.37. The number of anilines is 1. The standard InChI is InChI=1S/C25H26N2O6S/c1-5-32-25(29)23-21(17-7-6-8-18(12-17)27(30)31)14-34-24(23)26-22(28)13-33-19-9-10-20(15(2)3)16(4)11-19/h6-12,14-15H,5,13H2,1-4H3,(H,26,28). The topological polar surface area (TPSA) is 108 Å². The Kier molecular flexibility index (Phi) is 8.01. The number of esters is 1. The molecule has 9 heteroatoms. The normalized spacial score (nSPS) is 10.7. The van der Waals surface area contributed by atoms with Crippen LogP contribution >= 0.6 is 11.3 Å². The first-order valence-electron chi connectivity index (χ1n) is 10.8. The van der Waals surface area contributed by atoms with Crippen LogP contribution in [0, 0.1) is 17.0 Å². The predicted molar refractivity (Wildman–Crippen MR) is 132 cm³/mol. The number of ether oxygens (including phenoxy) is 2. The number of hydrogen-bond acceptors (Lipinski definition) is 7. The molecule has 3 rings (SSSR count). The number of amides is 1. The minimum absolute atomic E-state index is 0.101. The van der Waals surface area contributed by atoms with Crippen molar-refractivity contribution in [3.05, 3.63) is 74.6 Å². The van der Waals surface area contributed by atoms with Crippen LogP contribution in [0.15, 0.2) is 47.8 Å². The Balaban J connectivity index is 1.80. The van der Waals surface area contributed by atoms with Gasteiger partial charge in [-0.15, -0.1) is 11.3 Å². The molecule has 0 spiro atoms. The van der Waals surface area contributed by atoms with Crippen molar-refractivity contribution in [2.24, 2.45) is 0 Å². The number of non-ortho nitro benzene ring substituents is 1. The summed E-state index contributed by atoms with van der Waals surface area (Å²) in [5.41, 5.74) is 3.27. The third-order valence-corrected chi connectivity index (χ3v) is 6.02. The highest BCUT2D eigenvalue weighted by Gasteiger charge is 2.24. The molecule has 0 atom stereocenters. The number of hydrogen-bond donors (Lipinski definition) is 1. The molecule has 0 aliphatic carbocycles. The number of aryl methyl sites for hydroxylation is 1. The molecule has 1 heterocycles. The van der Waals surface area contributed by atoms with Crippen LogP contribution in [0.2, 0.25) is 0 Å². The van der Waals surface area contributed by atoms with Crippen LogP contribution in [0.1, 0.15) is 48.2 Å². The van der Waals surface area contributed by atoms with Crippen LogP contribution in [0.5, 0.6) is 5.75 Å². The molecular formula is C25H26N2O6S. The van der Waals surface area contributed by atoms with Crippen LogP contribution in [0.25, 0.3) is 11.1 Å². The van der Waals surface area contributed by atoms with Crippen molar-refractivity contribution in [3.63, 3.8) is 0 Å². The summed E-state index contributed by atoms with van der Waals surface area (Å²) in [6.45, 7) is 7.80. The summed E-state index contributed by atoms with van der Waals surface area (Å²) in [4.78, 5) is 35.9. The Hall–Kier alpha value is -3.72. The Morgan fingerprint density at radius 1 is 1.18 bits per heavy atom. The largest absolute Gasteiger partial charge is 0.484 e. The minimum atomic E-state index is -0.624. The first kappa shape index (κ1) is 24.9. The monoisotopic (exact) mass is 482 g/mol. The Morgan fingerprint density at radius 3 is 2.59 bits per heavy atom. The first-order chi connectivity index (χ1) is 16.2. The third-order valence-electron chi connectivity index (χ3n) is 5.12. The molecule has 0 fully saturated rings. The molecule has 0 radical (unpaired) electrons. The van der Waals surface area contributed by atoms with Crippen molar-refractivity contribution < 1.29 is 24.0 Å². The van der Waals surface area contributed by atoms with Gasteiger partial charge in [-0.05, 0) is 48.6 Å². The number of rotatable bonds is 9. The molecule has 178 valence electrons. The Morgan fingerprint density at radius 2 is 1.94 bits per heavy atom. The lowest BCUT2D eigenvalue weighted by molar-refractivity contribution is -0.384. The SMILES string of the molecule is CCOC(=O)c1c(-c2cccc([N+](=O)[O-])c2)csc1NC(=O)COc1ccc(C(C)C)c(C)c1. The molecule has 1 aromatic heterocycles. The van der Waals surface area contributed by atoms with Crippen molar-refractivity contribution in [2.75, 3.05) is 18.5 Å². The lowest BCUT2D eigenvalue weighted by Crippen LogP contribution is -2.21. The zero-order valence-corrected chi connectivity index (χ0v) is 20.2. The van der Waals surface area contributed by atoms with Gasteiger partial charge in [0.2, 0.25) is 0 Å². The van der Waals surface area contributed by atoms with Gasteiger partial charge in [-0.2, -0.15) is 0 Å². The van der Waals surface area contributed by atoms with E-state index in [1.807, 2.05) is 25.1 Å². The molecule has 0 unspecified atom stereocenters. The summed E-state index contributed by atoms with van der Waals surface area (Å²) in [6.07, 6.45) is 0. The van der Waals surface area contributed by atoms with Gasteiger partial charge >= 0.3 is 5.97 Å². The zero-order valence-electron chi connectivity index (χ0n) is 19.4. The molecule has 0 saturated heterocycles. The van der Waals surface area contributed by atoms with Gasteiger partial charge in [0.15, 0.2) is 6.61 Å². The summed E-state index contributed by atoms with van der Waals surface area (Å²) in [5.74, 6) is -0.103. The highest BCUT2D eigenvalue weighted by molar-refractivity contribution is 7.15. The maximum absolute atomic E-state index is 12.7. The van der Waals surface area contributed by atoms with Gasteiger partial charge in [-0.1, -0.05) is 32.0 Å². The van der Waals surface area contributed by atoms with E-state index in [0.717, 1.165) is 16.9 Å². The van der Waals surface area contributed by atoms with Gasteiger partial charge in [-0.3, -0.25) is 14.9 Å². The lowest BCUT2D eigenvalue weighted by Gasteiger charge is -2.13.